The summed E-state index contributed by atoms with van der Waals surface area (Å²) in [5.74, 6) is 1.32. The molecule has 0 aromatic carbocycles. The van der Waals surface area contributed by atoms with E-state index in [1.54, 1.807) is 19.4 Å². The number of pyridine rings is 1. The summed E-state index contributed by atoms with van der Waals surface area (Å²) in [4.78, 5) is 48.5. The monoisotopic (exact) mass is 760 g/mol. The first-order chi connectivity index (χ1) is 25.7. The van der Waals surface area contributed by atoms with Gasteiger partial charge in [0, 0.05) is 48.8 Å². The summed E-state index contributed by atoms with van der Waals surface area (Å²) in [6.07, 6.45) is 14.0. The van der Waals surface area contributed by atoms with Crippen LogP contribution in [0.4, 0.5) is 0 Å². The van der Waals surface area contributed by atoms with Crippen molar-refractivity contribution >= 4 is 17.7 Å². The molecule has 1 N–H and O–H groups in total. The number of carbonyl (C=O) groups is 3. The highest BCUT2D eigenvalue weighted by molar-refractivity contribution is 6.00. The number of rotatable bonds is 13. The molecule has 0 bridgehead atoms. The molecule has 9 atom stereocenters. The van der Waals surface area contributed by atoms with Crippen LogP contribution in [0.3, 0.4) is 0 Å². The fourth-order valence-corrected chi connectivity index (χ4v) is 13.6. The van der Waals surface area contributed by atoms with Crippen LogP contribution in [-0.4, -0.2) is 77.4 Å². The summed E-state index contributed by atoms with van der Waals surface area (Å²) in [5.41, 5.74) is 2.92. The highest BCUT2D eigenvalue weighted by Crippen LogP contribution is 2.73. The van der Waals surface area contributed by atoms with Crippen LogP contribution in [0.15, 0.2) is 35.7 Å². The Hall–Kier alpha value is -2.58. The van der Waals surface area contributed by atoms with Crippen LogP contribution in [0.5, 0.6) is 0 Å². The Bertz CT molecular complexity index is 1630. The second kappa shape index (κ2) is 15.3. The summed E-state index contributed by atoms with van der Waals surface area (Å²) in [6.45, 7) is 22.7. The van der Waals surface area contributed by atoms with Gasteiger partial charge in [-0.3, -0.25) is 24.3 Å². The average molecular weight is 760 g/mol. The number of hydrogen-bond acceptors (Lipinski definition) is 7. The van der Waals surface area contributed by atoms with Crippen molar-refractivity contribution in [3.63, 3.8) is 0 Å². The highest BCUT2D eigenvalue weighted by atomic mass is 16.5. The van der Waals surface area contributed by atoms with Gasteiger partial charge < -0.3 is 14.7 Å². The summed E-state index contributed by atoms with van der Waals surface area (Å²) in [6, 6.07) is 4.49. The number of allylic oxidation sites excluding steroid dienone is 2. The lowest BCUT2D eigenvalue weighted by molar-refractivity contribution is -0.214. The minimum Gasteiger partial charge on any atom is -0.481 e. The van der Waals surface area contributed by atoms with Gasteiger partial charge >= 0.3 is 11.9 Å². The first-order valence-electron chi connectivity index (χ1n) is 21.7. The third kappa shape index (κ3) is 7.50. The number of likely N-dealkylation sites (N-methyl/N-ethyl adjacent to an activating group) is 1. The second-order valence-corrected chi connectivity index (χ2v) is 21.1. The number of carboxylic acids is 1. The number of aliphatic carboxylic acids is 1. The lowest BCUT2D eigenvalue weighted by Crippen LogP contribution is -2.63. The Balaban J connectivity index is 1.24. The molecule has 306 valence electrons. The molecule has 8 unspecified atom stereocenters. The molecular formula is C47H73N3O5. The van der Waals surface area contributed by atoms with Crippen molar-refractivity contribution in [3.8, 4) is 0 Å². The van der Waals surface area contributed by atoms with Crippen LogP contribution in [-0.2, 0) is 19.1 Å². The van der Waals surface area contributed by atoms with E-state index in [0.717, 1.165) is 58.2 Å². The largest absolute Gasteiger partial charge is 0.481 e. The first-order valence-corrected chi connectivity index (χ1v) is 21.7. The second-order valence-electron chi connectivity index (χ2n) is 21.1. The van der Waals surface area contributed by atoms with Crippen molar-refractivity contribution < 1.29 is 24.2 Å². The maximum absolute atomic E-state index is 14.2. The van der Waals surface area contributed by atoms with Crippen molar-refractivity contribution in [2.75, 3.05) is 33.7 Å². The third-order valence-electron chi connectivity index (χ3n) is 16.5. The van der Waals surface area contributed by atoms with Gasteiger partial charge in [0.05, 0.1) is 11.8 Å². The predicted octanol–water partition coefficient (Wildman–Crippen LogP) is 9.40. The van der Waals surface area contributed by atoms with E-state index in [1.165, 1.54) is 30.4 Å². The van der Waals surface area contributed by atoms with E-state index in [2.05, 4.69) is 83.4 Å². The fraction of sp³-hybridized carbons (Fsp3) is 0.787. The zero-order valence-corrected chi connectivity index (χ0v) is 36.2. The zero-order valence-electron chi connectivity index (χ0n) is 36.2. The van der Waals surface area contributed by atoms with Gasteiger partial charge in [0.25, 0.3) is 0 Å². The van der Waals surface area contributed by atoms with E-state index in [9.17, 15) is 19.5 Å². The normalized spacial score (nSPS) is 34.9. The number of fused-ring (bicyclic) bond motifs is 7. The molecule has 0 aliphatic heterocycles. The maximum Gasteiger partial charge on any atom is 0.309 e. The number of ether oxygens (including phenoxy) is 1. The van der Waals surface area contributed by atoms with Crippen molar-refractivity contribution in [1.29, 1.82) is 0 Å². The highest BCUT2D eigenvalue weighted by Gasteiger charge is 2.66. The average Bonchev–Trinajstić information content (AvgIpc) is 3.41. The summed E-state index contributed by atoms with van der Waals surface area (Å²) < 4.78 is 6.19. The molecule has 55 heavy (non-hydrogen) atoms. The predicted molar refractivity (Wildman–Crippen MR) is 218 cm³/mol. The van der Waals surface area contributed by atoms with Crippen LogP contribution in [0.2, 0.25) is 0 Å². The molecule has 0 radical (unpaired) electrons. The van der Waals surface area contributed by atoms with Crippen LogP contribution >= 0.6 is 0 Å². The number of carbonyl (C=O) groups excluding carboxylic acids is 2. The number of nitrogens with zero attached hydrogens (tertiary/aromatic N) is 3. The Morgan fingerprint density at radius 2 is 1.65 bits per heavy atom. The first kappa shape index (κ1) is 42.0. The Kier molecular flexibility index (Phi) is 11.7. The van der Waals surface area contributed by atoms with Gasteiger partial charge in [-0.25, -0.2) is 0 Å². The van der Waals surface area contributed by atoms with Gasteiger partial charge in [0.15, 0.2) is 5.78 Å². The quantitative estimate of drug-likeness (QED) is 0.199. The van der Waals surface area contributed by atoms with Gasteiger partial charge in [-0.1, -0.05) is 53.2 Å². The molecule has 1 aromatic heterocycles. The molecule has 0 spiro atoms. The van der Waals surface area contributed by atoms with Gasteiger partial charge in [0.1, 0.15) is 6.10 Å². The lowest BCUT2D eigenvalue weighted by atomic mass is 9.36. The van der Waals surface area contributed by atoms with Crippen LogP contribution in [0, 0.1) is 56.7 Å². The van der Waals surface area contributed by atoms with Gasteiger partial charge in [-0.05, 0) is 157 Å². The molecule has 0 amide bonds. The molecule has 1 aromatic rings. The number of hydrogen-bond donors (Lipinski definition) is 1. The maximum atomic E-state index is 14.2. The van der Waals surface area contributed by atoms with Crippen LogP contribution in [0.1, 0.15) is 145 Å². The van der Waals surface area contributed by atoms with Crippen LogP contribution < -0.4 is 0 Å². The molecule has 1 heterocycles. The Morgan fingerprint density at radius 3 is 2.29 bits per heavy atom. The van der Waals surface area contributed by atoms with Crippen molar-refractivity contribution in [2.45, 2.75) is 145 Å². The van der Waals surface area contributed by atoms with E-state index in [0.29, 0.717) is 35.9 Å². The third-order valence-corrected chi connectivity index (χ3v) is 16.5. The van der Waals surface area contributed by atoms with E-state index < -0.39 is 17.4 Å². The molecule has 4 saturated carbocycles. The molecule has 4 fully saturated rings. The molecule has 0 saturated heterocycles. The minimum atomic E-state index is -1.15. The Morgan fingerprint density at radius 1 is 0.945 bits per heavy atom. The summed E-state index contributed by atoms with van der Waals surface area (Å²) in [5, 5.41) is 9.63. The van der Waals surface area contributed by atoms with E-state index >= 15 is 0 Å². The number of ketones is 1. The van der Waals surface area contributed by atoms with Crippen molar-refractivity contribution in [1.82, 2.24) is 14.8 Å². The van der Waals surface area contributed by atoms with Gasteiger partial charge in [0.2, 0.25) is 0 Å². The Labute approximate surface area is 332 Å². The molecule has 8 nitrogen and oxygen atoms in total. The van der Waals surface area contributed by atoms with Crippen molar-refractivity contribution in [2.24, 2.45) is 56.7 Å². The van der Waals surface area contributed by atoms with Gasteiger partial charge in [-0.2, -0.15) is 0 Å². The van der Waals surface area contributed by atoms with Crippen molar-refractivity contribution in [3.05, 3.63) is 41.2 Å². The summed E-state index contributed by atoms with van der Waals surface area (Å²) >= 11 is 0. The standard InChI is InChI=1S/C47H73N3O5/c1-30(2)40-35(51)27-47(22-24-50(26-25-49(10)11)31(3)32-13-12-23-48-29-32)21-16-34-33(41(40)47)14-15-37-45(34,8)19-17-36-44(6,7)38(18-20-46(36,37)9)55-39(52)28-43(4,5)42(53)54/h12-13,23,29-31,33-34,36-38H,14-22,24-28H2,1-11H3,(H,53,54)/t31-,33?,34?,36?,37?,38?,45?,46?,47?/m1/s1. The SMILES string of the molecule is CC(C)C1=C2C3CCC4C(C)(CCC5C(C)(C)C(OC(=O)CC(C)(C)C(=O)O)CCC54C)C3CCC2(CCN(CCN(C)C)[C@H](C)c2cccnc2)CC1=O. The smallest absolute Gasteiger partial charge is 0.309 e. The molecule has 5 aliphatic carbocycles. The zero-order chi connectivity index (χ0) is 40.3. The minimum absolute atomic E-state index is 0.0493. The molecular weight excluding hydrogens is 687 g/mol. The number of esters is 1. The summed E-state index contributed by atoms with van der Waals surface area (Å²) in [7, 11) is 4.30. The fourth-order valence-electron chi connectivity index (χ4n) is 13.6. The van der Waals surface area contributed by atoms with Crippen LogP contribution in [0.25, 0.3) is 0 Å². The van der Waals surface area contributed by atoms with E-state index in [-0.39, 0.29) is 46.1 Å². The molecule has 8 heteroatoms. The lowest BCUT2D eigenvalue weighted by Gasteiger charge is -2.69. The number of aromatic nitrogens is 1. The topological polar surface area (TPSA) is 100 Å². The number of carboxylic acid groups (broad SMARTS) is 1. The number of Topliss-reactive ketones (excluding diaryl/α,β-unsaturated/α-hetero) is 1. The van der Waals surface area contributed by atoms with E-state index in [1.807, 2.05) is 18.5 Å². The van der Waals surface area contributed by atoms with E-state index in [4.69, 9.17) is 4.74 Å². The van der Waals surface area contributed by atoms with Gasteiger partial charge in [-0.15, -0.1) is 0 Å². The molecule has 6 rings (SSSR count). The molecule has 5 aliphatic rings.